The molecule has 2 N–H and O–H groups in total. The molecule has 0 bridgehead atoms. The number of nitrogens with one attached hydrogen (secondary N) is 2. The summed E-state index contributed by atoms with van der Waals surface area (Å²) in [5, 5.41) is 15.8. The number of nitrogens with zero attached hydrogens (tertiary/aromatic N) is 1. The molecule has 5 nitrogen and oxygen atoms in total. The molecule has 1 aromatic rings. The maximum atomic E-state index is 7.96. The lowest BCUT2D eigenvalue weighted by atomic mass is 9.74. The third kappa shape index (κ3) is 5.92. The molecule has 0 aliphatic carbocycles. The molecule has 1 aromatic carbocycles. The Morgan fingerprint density at radius 3 is 2.62 bits per heavy atom. The van der Waals surface area contributed by atoms with Crippen molar-refractivity contribution in [1.29, 1.82) is 10.8 Å². The standard InChI is InChI=1S/C24H37N3O2/c1-7-9-19(15-25)24-22(10-8-13-27(24)6)17(4)21-12-11-20(28-16(2)3)14-23(21)29-18(5)26/h9,11-12,14-17,22,24-26H,7-8,10,13H2,1-6H3/b19-9+,25-15?,26-18?. The summed E-state index contributed by atoms with van der Waals surface area (Å²) < 4.78 is 11.7. The molecule has 1 aliphatic rings. The van der Waals surface area contributed by atoms with Gasteiger partial charge in [-0.15, -0.1) is 0 Å². The third-order valence-corrected chi connectivity index (χ3v) is 5.63. The Morgan fingerprint density at radius 1 is 1.31 bits per heavy atom. The van der Waals surface area contributed by atoms with Gasteiger partial charge in [0.15, 0.2) is 5.90 Å². The number of rotatable bonds is 8. The first-order valence-corrected chi connectivity index (χ1v) is 10.7. The van der Waals surface area contributed by atoms with Crippen LogP contribution >= 0.6 is 0 Å². The highest BCUT2D eigenvalue weighted by atomic mass is 16.5. The molecule has 0 aromatic heterocycles. The van der Waals surface area contributed by atoms with E-state index < -0.39 is 0 Å². The summed E-state index contributed by atoms with van der Waals surface area (Å²) >= 11 is 0. The van der Waals surface area contributed by atoms with Gasteiger partial charge in [0.25, 0.3) is 0 Å². The van der Waals surface area contributed by atoms with Gasteiger partial charge in [0.1, 0.15) is 11.5 Å². The first-order chi connectivity index (χ1) is 13.8. The lowest BCUT2D eigenvalue weighted by Gasteiger charge is -2.43. The summed E-state index contributed by atoms with van der Waals surface area (Å²) in [6, 6.07) is 6.21. The van der Waals surface area contributed by atoms with Crippen LogP contribution in [0.4, 0.5) is 0 Å². The average molecular weight is 400 g/mol. The molecule has 1 heterocycles. The monoisotopic (exact) mass is 399 g/mol. The molecule has 2 rings (SSSR count). The number of ether oxygens (including phenoxy) is 2. The first-order valence-electron chi connectivity index (χ1n) is 10.7. The van der Waals surface area contributed by atoms with Gasteiger partial charge in [-0.1, -0.05) is 26.0 Å². The summed E-state index contributed by atoms with van der Waals surface area (Å²) in [6.07, 6.45) is 6.97. The molecule has 0 radical (unpaired) electrons. The molecule has 29 heavy (non-hydrogen) atoms. The van der Waals surface area contributed by atoms with Crippen molar-refractivity contribution in [2.45, 2.75) is 71.9 Å². The summed E-state index contributed by atoms with van der Waals surface area (Å²) in [6.45, 7) is 11.1. The van der Waals surface area contributed by atoms with Gasteiger partial charge in [-0.05, 0) is 75.7 Å². The summed E-state index contributed by atoms with van der Waals surface area (Å²) in [5.74, 6) is 2.23. The van der Waals surface area contributed by atoms with Crippen molar-refractivity contribution in [2.24, 2.45) is 5.92 Å². The highest BCUT2D eigenvalue weighted by molar-refractivity contribution is 5.77. The Labute approximate surface area is 176 Å². The fourth-order valence-corrected chi connectivity index (χ4v) is 4.45. The van der Waals surface area contributed by atoms with Gasteiger partial charge in [0, 0.05) is 25.2 Å². The highest BCUT2D eigenvalue weighted by Crippen LogP contribution is 2.42. The third-order valence-electron chi connectivity index (χ3n) is 5.63. The lowest BCUT2D eigenvalue weighted by Crippen LogP contribution is -2.46. The van der Waals surface area contributed by atoms with Crippen molar-refractivity contribution < 1.29 is 9.47 Å². The molecule has 1 fully saturated rings. The zero-order valence-electron chi connectivity index (χ0n) is 18.8. The zero-order chi connectivity index (χ0) is 21.6. The number of allylic oxidation sites excluding steroid dienone is 1. The Balaban J connectivity index is 2.43. The van der Waals surface area contributed by atoms with Crippen LogP contribution in [0.15, 0.2) is 29.8 Å². The van der Waals surface area contributed by atoms with Crippen molar-refractivity contribution in [3.63, 3.8) is 0 Å². The van der Waals surface area contributed by atoms with Crippen LogP contribution in [0.3, 0.4) is 0 Å². The molecule has 0 saturated carbocycles. The SMILES string of the molecule is CC/C=C(\C=N)C1C(C(C)c2ccc(OC(C)C)cc2OC(C)=N)CCCN1C. The van der Waals surface area contributed by atoms with E-state index in [1.165, 1.54) is 6.21 Å². The summed E-state index contributed by atoms with van der Waals surface area (Å²) in [4.78, 5) is 2.38. The van der Waals surface area contributed by atoms with E-state index in [0.29, 0.717) is 11.7 Å². The van der Waals surface area contributed by atoms with Crippen LogP contribution in [-0.2, 0) is 0 Å². The van der Waals surface area contributed by atoms with Gasteiger partial charge in [-0.2, -0.15) is 0 Å². The maximum absolute atomic E-state index is 7.96. The van der Waals surface area contributed by atoms with E-state index in [4.69, 9.17) is 20.3 Å². The molecule has 0 spiro atoms. The Morgan fingerprint density at radius 2 is 2.03 bits per heavy atom. The minimum atomic E-state index is 0.0814. The van der Waals surface area contributed by atoms with Crippen molar-refractivity contribution >= 4 is 12.1 Å². The molecule has 0 amide bonds. The van der Waals surface area contributed by atoms with Crippen LogP contribution in [0.1, 0.15) is 65.4 Å². The predicted molar refractivity (Wildman–Crippen MR) is 121 cm³/mol. The number of piperidine rings is 1. The number of likely N-dealkylation sites (N-methyl/N-ethyl adjacent to an activating group) is 1. The van der Waals surface area contributed by atoms with Crippen LogP contribution in [0, 0.1) is 16.7 Å². The second-order valence-corrected chi connectivity index (χ2v) is 8.30. The molecule has 3 atom stereocenters. The molecular weight excluding hydrogens is 362 g/mol. The van der Waals surface area contributed by atoms with E-state index in [-0.39, 0.29) is 24.0 Å². The fraction of sp³-hybridized carbons (Fsp3) is 0.583. The van der Waals surface area contributed by atoms with Gasteiger partial charge in [0.05, 0.1) is 6.10 Å². The van der Waals surface area contributed by atoms with Crippen LogP contribution in [-0.4, -0.2) is 42.8 Å². The van der Waals surface area contributed by atoms with E-state index in [0.717, 1.165) is 42.7 Å². The van der Waals surface area contributed by atoms with Gasteiger partial charge < -0.3 is 14.9 Å². The van der Waals surface area contributed by atoms with Gasteiger partial charge in [0.2, 0.25) is 0 Å². The average Bonchev–Trinajstić information content (AvgIpc) is 2.65. The van der Waals surface area contributed by atoms with Crippen molar-refractivity contribution in [3.05, 3.63) is 35.4 Å². The highest BCUT2D eigenvalue weighted by Gasteiger charge is 2.36. The molecule has 3 unspecified atom stereocenters. The normalized spacial score (nSPS) is 21.7. The smallest absolute Gasteiger partial charge is 0.184 e. The van der Waals surface area contributed by atoms with Gasteiger partial charge in [-0.25, -0.2) is 0 Å². The van der Waals surface area contributed by atoms with Crippen LogP contribution in [0.2, 0.25) is 0 Å². The van der Waals surface area contributed by atoms with Gasteiger partial charge in [-0.3, -0.25) is 10.3 Å². The van der Waals surface area contributed by atoms with Crippen molar-refractivity contribution in [1.82, 2.24) is 4.90 Å². The molecule has 160 valence electrons. The lowest BCUT2D eigenvalue weighted by molar-refractivity contribution is 0.134. The second-order valence-electron chi connectivity index (χ2n) is 8.30. The van der Waals surface area contributed by atoms with E-state index in [1.54, 1.807) is 6.92 Å². The molecule has 1 aliphatic heterocycles. The molecular formula is C24H37N3O2. The number of benzene rings is 1. The molecule has 1 saturated heterocycles. The van der Waals surface area contributed by atoms with E-state index >= 15 is 0 Å². The van der Waals surface area contributed by atoms with E-state index in [2.05, 4.69) is 37.9 Å². The number of likely N-dealkylation sites (tertiary alicyclic amines) is 1. The van der Waals surface area contributed by atoms with Crippen LogP contribution in [0.5, 0.6) is 11.5 Å². The van der Waals surface area contributed by atoms with Gasteiger partial charge >= 0.3 is 0 Å². The summed E-state index contributed by atoms with van der Waals surface area (Å²) in [7, 11) is 2.16. The largest absolute Gasteiger partial charge is 0.491 e. The van der Waals surface area contributed by atoms with Crippen LogP contribution in [0.25, 0.3) is 0 Å². The number of hydrogen-bond donors (Lipinski definition) is 2. The Kier molecular flexibility index (Phi) is 8.45. The Bertz CT molecular complexity index is 742. The number of hydrogen-bond acceptors (Lipinski definition) is 5. The second kappa shape index (κ2) is 10.6. The first kappa shape index (κ1) is 23.1. The predicted octanol–water partition coefficient (Wildman–Crippen LogP) is 5.65. The minimum absolute atomic E-state index is 0.0814. The van der Waals surface area contributed by atoms with E-state index in [1.807, 2.05) is 26.0 Å². The minimum Gasteiger partial charge on any atom is -0.491 e. The topological polar surface area (TPSA) is 69.4 Å². The Hall–Kier alpha value is -2.14. The van der Waals surface area contributed by atoms with Crippen LogP contribution < -0.4 is 9.47 Å². The fourth-order valence-electron chi connectivity index (χ4n) is 4.45. The quantitative estimate of drug-likeness (QED) is 0.438. The van der Waals surface area contributed by atoms with E-state index in [9.17, 15) is 0 Å². The maximum Gasteiger partial charge on any atom is 0.184 e. The summed E-state index contributed by atoms with van der Waals surface area (Å²) in [5.41, 5.74) is 2.19. The van der Waals surface area contributed by atoms with Crippen molar-refractivity contribution in [2.75, 3.05) is 13.6 Å². The molecule has 5 heteroatoms. The zero-order valence-corrected chi connectivity index (χ0v) is 18.8. The van der Waals surface area contributed by atoms with Crippen molar-refractivity contribution in [3.8, 4) is 11.5 Å².